The first-order valence-corrected chi connectivity index (χ1v) is 13.0. The van der Waals surface area contributed by atoms with E-state index >= 15 is 0 Å². The molecule has 6 nitrogen and oxygen atoms in total. The summed E-state index contributed by atoms with van der Waals surface area (Å²) in [6.07, 6.45) is -3.59. The van der Waals surface area contributed by atoms with Crippen LogP contribution in [0.5, 0.6) is 0 Å². The average Bonchev–Trinajstić information content (AvgIpc) is 2.92. The van der Waals surface area contributed by atoms with Gasteiger partial charge in [-0.1, -0.05) is 24.3 Å². The van der Waals surface area contributed by atoms with Crippen molar-refractivity contribution in [3.05, 3.63) is 76.7 Å². The molecule has 0 atom stereocenters. The number of hydrogen-bond acceptors (Lipinski definition) is 6. The number of para-hydroxylation sites is 1. The van der Waals surface area contributed by atoms with Gasteiger partial charge >= 0.3 is 6.18 Å². The molecule has 0 saturated carbocycles. The molecule has 1 aromatic heterocycles. The fraction of sp³-hybridized carbons (Fsp3) is 0.429. The first-order valence-electron chi connectivity index (χ1n) is 13.0. The number of aromatic nitrogens is 2. The highest BCUT2D eigenvalue weighted by molar-refractivity contribution is 5.55. The number of halogens is 4. The highest BCUT2D eigenvalue weighted by Gasteiger charge is 2.31. The third-order valence-corrected chi connectivity index (χ3v) is 7.38. The molecule has 0 bridgehead atoms. The van der Waals surface area contributed by atoms with E-state index in [1.807, 2.05) is 19.2 Å². The largest absolute Gasteiger partial charge is 0.416 e. The zero-order valence-corrected chi connectivity index (χ0v) is 21.7. The molecule has 38 heavy (non-hydrogen) atoms. The normalized spacial score (nSPS) is 16.5. The lowest BCUT2D eigenvalue weighted by Crippen LogP contribution is -2.47. The Labute approximate surface area is 220 Å². The van der Waals surface area contributed by atoms with Gasteiger partial charge in [-0.2, -0.15) is 18.2 Å². The monoisotopic (exact) mass is 528 g/mol. The number of fused-ring (bicyclic) bond motifs is 1. The zero-order chi connectivity index (χ0) is 26.9. The van der Waals surface area contributed by atoms with Crippen LogP contribution < -0.4 is 14.7 Å². The molecule has 1 fully saturated rings. The fourth-order valence-electron chi connectivity index (χ4n) is 5.09. The van der Waals surface area contributed by atoms with E-state index in [1.165, 1.54) is 6.07 Å². The Balaban J connectivity index is 1.31. The SMILES string of the molecule is CCN(C)c1nc(N2CCN(c3ccccc3F)CC2)nc2c1CN(Cc1ccc(C(F)(F)F)cc1)CC2. The molecule has 202 valence electrons. The molecule has 2 aromatic carbocycles. The number of alkyl halides is 3. The van der Waals surface area contributed by atoms with Crippen molar-refractivity contribution in [1.29, 1.82) is 0 Å². The summed E-state index contributed by atoms with van der Waals surface area (Å²) >= 11 is 0. The van der Waals surface area contributed by atoms with Crippen LogP contribution in [0.3, 0.4) is 0 Å². The Morgan fingerprint density at radius 2 is 1.58 bits per heavy atom. The number of piperazine rings is 1. The van der Waals surface area contributed by atoms with Crippen LogP contribution in [0, 0.1) is 5.82 Å². The Morgan fingerprint density at radius 3 is 2.24 bits per heavy atom. The molecular formula is C28H32F4N6. The van der Waals surface area contributed by atoms with Crippen LogP contribution in [0.15, 0.2) is 48.5 Å². The van der Waals surface area contributed by atoms with E-state index in [2.05, 4.69) is 26.5 Å². The van der Waals surface area contributed by atoms with E-state index in [-0.39, 0.29) is 5.82 Å². The molecule has 0 N–H and O–H groups in total. The Kier molecular flexibility index (Phi) is 7.43. The van der Waals surface area contributed by atoms with Crippen molar-refractivity contribution in [2.24, 2.45) is 0 Å². The lowest BCUT2D eigenvalue weighted by Gasteiger charge is -2.37. The van der Waals surface area contributed by atoms with Crippen molar-refractivity contribution in [3.63, 3.8) is 0 Å². The minimum atomic E-state index is -4.33. The van der Waals surface area contributed by atoms with Crippen LogP contribution >= 0.6 is 0 Å². The topological polar surface area (TPSA) is 38.7 Å². The van der Waals surface area contributed by atoms with Gasteiger partial charge in [0.25, 0.3) is 0 Å². The predicted octanol–water partition coefficient (Wildman–Crippen LogP) is 4.98. The van der Waals surface area contributed by atoms with E-state index in [0.717, 1.165) is 54.3 Å². The molecular weight excluding hydrogens is 496 g/mol. The second kappa shape index (κ2) is 10.8. The third-order valence-electron chi connectivity index (χ3n) is 7.38. The van der Waals surface area contributed by atoms with Gasteiger partial charge < -0.3 is 14.7 Å². The standard InChI is InChI=1S/C28H32F4N6/c1-3-35(2)26-22-19-36(18-20-8-10-21(11-9-20)28(30,31)32)13-12-24(22)33-27(34-26)38-16-14-37(15-17-38)25-7-5-4-6-23(25)29/h4-11H,3,12-19H2,1-2H3. The Morgan fingerprint density at radius 1 is 0.895 bits per heavy atom. The maximum absolute atomic E-state index is 14.3. The number of rotatable bonds is 6. The van der Waals surface area contributed by atoms with E-state index in [0.29, 0.717) is 50.9 Å². The van der Waals surface area contributed by atoms with E-state index in [9.17, 15) is 17.6 Å². The number of anilines is 3. The second-order valence-electron chi connectivity index (χ2n) is 9.87. The van der Waals surface area contributed by atoms with Crippen LogP contribution in [-0.2, 0) is 25.7 Å². The van der Waals surface area contributed by atoms with Crippen molar-refractivity contribution in [2.75, 3.05) is 61.0 Å². The molecule has 2 aliphatic rings. The maximum atomic E-state index is 14.3. The molecule has 0 spiro atoms. The highest BCUT2D eigenvalue weighted by atomic mass is 19.4. The van der Waals surface area contributed by atoms with Gasteiger partial charge in [-0.3, -0.25) is 4.90 Å². The second-order valence-corrected chi connectivity index (χ2v) is 9.87. The Bertz CT molecular complexity index is 1260. The van der Waals surface area contributed by atoms with E-state index in [4.69, 9.17) is 9.97 Å². The highest BCUT2D eigenvalue weighted by Crippen LogP contribution is 2.32. The van der Waals surface area contributed by atoms with Crippen molar-refractivity contribution in [3.8, 4) is 0 Å². The first kappa shape index (κ1) is 26.2. The molecule has 10 heteroatoms. The summed E-state index contributed by atoms with van der Waals surface area (Å²) in [5.74, 6) is 1.38. The lowest BCUT2D eigenvalue weighted by atomic mass is 10.0. The zero-order valence-electron chi connectivity index (χ0n) is 21.7. The van der Waals surface area contributed by atoms with Gasteiger partial charge in [0.1, 0.15) is 11.6 Å². The average molecular weight is 529 g/mol. The van der Waals surface area contributed by atoms with Gasteiger partial charge in [-0.05, 0) is 36.8 Å². The summed E-state index contributed by atoms with van der Waals surface area (Å²) < 4.78 is 53.0. The van der Waals surface area contributed by atoms with Crippen molar-refractivity contribution in [1.82, 2.24) is 14.9 Å². The maximum Gasteiger partial charge on any atom is 0.416 e. The summed E-state index contributed by atoms with van der Waals surface area (Å²) in [4.78, 5) is 18.5. The lowest BCUT2D eigenvalue weighted by molar-refractivity contribution is -0.137. The fourth-order valence-corrected chi connectivity index (χ4v) is 5.09. The van der Waals surface area contributed by atoms with Crippen LogP contribution in [0.25, 0.3) is 0 Å². The Hall–Kier alpha value is -3.40. The number of nitrogens with zero attached hydrogens (tertiary/aromatic N) is 6. The molecule has 0 aliphatic carbocycles. The van der Waals surface area contributed by atoms with Crippen LogP contribution in [0.2, 0.25) is 0 Å². The van der Waals surface area contributed by atoms with Gasteiger partial charge in [-0.25, -0.2) is 9.37 Å². The molecule has 1 saturated heterocycles. The number of hydrogen-bond donors (Lipinski definition) is 0. The quantitative estimate of drug-likeness (QED) is 0.421. The van der Waals surface area contributed by atoms with Gasteiger partial charge in [0.15, 0.2) is 0 Å². The molecule has 0 amide bonds. The summed E-state index contributed by atoms with van der Waals surface area (Å²) in [7, 11) is 2.01. The van der Waals surface area contributed by atoms with Crippen LogP contribution in [-0.4, -0.2) is 61.2 Å². The smallest absolute Gasteiger partial charge is 0.366 e. The number of benzene rings is 2. The predicted molar refractivity (Wildman–Crippen MR) is 141 cm³/mol. The van der Waals surface area contributed by atoms with Gasteiger partial charge in [0.05, 0.1) is 16.9 Å². The van der Waals surface area contributed by atoms with Crippen LogP contribution in [0.1, 0.15) is 29.3 Å². The molecule has 0 radical (unpaired) electrons. The van der Waals surface area contributed by atoms with Gasteiger partial charge in [-0.15, -0.1) is 0 Å². The molecule has 0 unspecified atom stereocenters. The van der Waals surface area contributed by atoms with Crippen molar-refractivity contribution < 1.29 is 17.6 Å². The summed E-state index contributed by atoms with van der Waals surface area (Å²) in [5, 5.41) is 0. The summed E-state index contributed by atoms with van der Waals surface area (Å²) in [5.41, 5.74) is 2.93. The minimum Gasteiger partial charge on any atom is -0.366 e. The molecule has 3 heterocycles. The van der Waals surface area contributed by atoms with Crippen molar-refractivity contribution >= 4 is 17.5 Å². The third kappa shape index (κ3) is 5.55. The van der Waals surface area contributed by atoms with Crippen molar-refractivity contribution in [2.45, 2.75) is 32.6 Å². The van der Waals surface area contributed by atoms with Gasteiger partial charge in [0.2, 0.25) is 5.95 Å². The minimum absolute atomic E-state index is 0.210. The summed E-state index contributed by atoms with van der Waals surface area (Å²) in [6.45, 7) is 7.57. The molecule has 2 aliphatic heterocycles. The summed E-state index contributed by atoms with van der Waals surface area (Å²) in [6, 6.07) is 12.2. The molecule has 5 rings (SSSR count). The van der Waals surface area contributed by atoms with Crippen LogP contribution in [0.4, 0.5) is 35.0 Å². The van der Waals surface area contributed by atoms with E-state index < -0.39 is 11.7 Å². The van der Waals surface area contributed by atoms with Gasteiger partial charge in [0, 0.05) is 71.4 Å². The van der Waals surface area contributed by atoms with E-state index in [1.54, 1.807) is 18.2 Å². The first-order chi connectivity index (χ1) is 18.2. The molecule has 3 aromatic rings.